The molecule has 0 bridgehead atoms. The van der Waals surface area contributed by atoms with Crippen LogP contribution >= 0.6 is 0 Å². The minimum Gasteiger partial charge on any atom is -0.438 e. The van der Waals surface area contributed by atoms with Gasteiger partial charge in [-0.1, -0.05) is 19.3 Å². The number of halogens is 3. The Bertz CT molecular complexity index is 777. The van der Waals surface area contributed by atoms with E-state index in [1.54, 1.807) is 0 Å². The Kier molecular flexibility index (Phi) is 5.21. The van der Waals surface area contributed by atoms with Gasteiger partial charge in [-0.05, 0) is 31.0 Å². The van der Waals surface area contributed by atoms with E-state index >= 15 is 0 Å². The van der Waals surface area contributed by atoms with Crippen molar-refractivity contribution in [2.45, 2.75) is 38.1 Å². The minimum atomic E-state index is -1.09. The van der Waals surface area contributed by atoms with E-state index in [9.17, 15) is 18.0 Å². The smallest absolute Gasteiger partial charge is 0.257 e. The highest BCUT2D eigenvalue weighted by Gasteiger charge is 2.21. The molecule has 132 valence electrons. The van der Waals surface area contributed by atoms with Crippen molar-refractivity contribution in [3.63, 3.8) is 0 Å². The number of hydrogen-bond donors (Lipinski definition) is 1. The van der Waals surface area contributed by atoms with Gasteiger partial charge in [-0.25, -0.2) is 18.2 Å². The van der Waals surface area contributed by atoms with E-state index in [0.29, 0.717) is 0 Å². The first-order valence-electron chi connectivity index (χ1n) is 8.12. The maximum atomic E-state index is 13.5. The summed E-state index contributed by atoms with van der Waals surface area (Å²) in [7, 11) is 0. The number of hydrogen-bond acceptors (Lipinski definition) is 3. The maximum Gasteiger partial charge on any atom is 0.257 e. The van der Waals surface area contributed by atoms with Gasteiger partial charge < -0.3 is 10.1 Å². The van der Waals surface area contributed by atoms with E-state index in [0.717, 1.165) is 56.5 Å². The van der Waals surface area contributed by atoms with Gasteiger partial charge >= 0.3 is 0 Å². The van der Waals surface area contributed by atoms with Gasteiger partial charge in [-0.15, -0.1) is 0 Å². The molecule has 1 saturated carbocycles. The summed E-state index contributed by atoms with van der Waals surface area (Å²) in [5.41, 5.74) is -0.0877. The molecule has 0 spiro atoms. The lowest BCUT2D eigenvalue weighted by atomic mass is 9.95. The fourth-order valence-electron chi connectivity index (χ4n) is 2.83. The number of aromatic nitrogens is 1. The lowest BCUT2D eigenvalue weighted by Gasteiger charge is -2.23. The van der Waals surface area contributed by atoms with Crippen LogP contribution in [0.2, 0.25) is 0 Å². The van der Waals surface area contributed by atoms with Gasteiger partial charge in [0.2, 0.25) is 5.88 Å². The van der Waals surface area contributed by atoms with Crippen LogP contribution in [0.15, 0.2) is 30.5 Å². The summed E-state index contributed by atoms with van der Waals surface area (Å²) in [5, 5.41) is 2.85. The minimum absolute atomic E-state index is 0.0284. The van der Waals surface area contributed by atoms with Gasteiger partial charge in [0, 0.05) is 12.1 Å². The predicted octanol–water partition coefficient (Wildman–Crippen LogP) is 4.35. The van der Waals surface area contributed by atoms with Crippen LogP contribution in [0, 0.1) is 17.5 Å². The molecular weight excluding hydrogens is 333 g/mol. The predicted molar refractivity (Wildman–Crippen MR) is 85.0 cm³/mol. The fraction of sp³-hybridized carbons (Fsp3) is 0.333. The van der Waals surface area contributed by atoms with Crippen molar-refractivity contribution < 1.29 is 22.7 Å². The standard InChI is InChI=1S/C18H17F3N2O2/c19-11-8-14(17(24)23-12-4-2-1-3-5-12)18(22-10-11)25-13-6-7-15(20)16(21)9-13/h6-10,12H,1-5H2,(H,23,24). The molecule has 0 radical (unpaired) electrons. The summed E-state index contributed by atoms with van der Waals surface area (Å²) in [6.07, 6.45) is 5.84. The van der Waals surface area contributed by atoms with Gasteiger partial charge in [-0.3, -0.25) is 4.79 Å². The number of amides is 1. The van der Waals surface area contributed by atoms with Crippen LogP contribution in [0.25, 0.3) is 0 Å². The Hall–Kier alpha value is -2.57. The molecule has 1 fully saturated rings. The van der Waals surface area contributed by atoms with Crippen molar-refractivity contribution in [3.05, 3.63) is 53.5 Å². The number of benzene rings is 1. The summed E-state index contributed by atoms with van der Waals surface area (Å²) >= 11 is 0. The Balaban J connectivity index is 1.81. The highest BCUT2D eigenvalue weighted by Crippen LogP contribution is 2.26. The van der Waals surface area contributed by atoms with Crippen molar-refractivity contribution >= 4 is 5.91 Å². The first-order chi connectivity index (χ1) is 12.0. The largest absolute Gasteiger partial charge is 0.438 e. The van der Waals surface area contributed by atoms with Gasteiger partial charge in [-0.2, -0.15) is 0 Å². The van der Waals surface area contributed by atoms with Crippen molar-refractivity contribution in [2.75, 3.05) is 0 Å². The highest BCUT2D eigenvalue weighted by molar-refractivity contribution is 5.96. The van der Waals surface area contributed by atoms with E-state index in [1.165, 1.54) is 6.07 Å². The van der Waals surface area contributed by atoms with E-state index in [1.807, 2.05) is 0 Å². The zero-order valence-corrected chi connectivity index (χ0v) is 13.4. The highest BCUT2D eigenvalue weighted by atomic mass is 19.2. The zero-order valence-electron chi connectivity index (χ0n) is 13.4. The summed E-state index contributed by atoms with van der Waals surface area (Å²) in [6, 6.07) is 3.98. The molecule has 1 heterocycles. The normalized spacial score (nSPS) is 15.0. The maximum absolute atomic E-state index is 13.5. The summed E-state index contributed by atoms with van der Waals surface area (Å²) in [5.74, 6) is -3.50. The fourth-order valence-corrected chi connectivity index (χ4v) is 2.83. The lowest BCUT2D eigenvalue weighted by Crippen LogP contribution is -2.36. The monoisotopic (exact) mass is 350 g/mol. The number of ether oxygens (including phenoxy) is 1. The lowest BCUT2D eigenvalue weighted by molar-refractivity contribution is 0.0924. The molecule has 0 saturated heterocycles. The molecule has 1 aliphatic carbocycles. The molecule has 25 heavy (non-hydrogen) atoms. The Morgan fingerprint density at radius 2 is 1.84 bits per heavy atom. The second kappa shape index (κ2) is 7.55. The Labute approximate surface area is 143 Å². The first-order valence-corrected chi connectivity index (χ1v) is 8.12. The molecule has 0 unspecified atom stereocenters. The van der Waals surface area contributed by atoms with Gasteiger partial charge in [0.05, 0.1) is 6.20 Å². The third kappa shape index (κ3) is 4.29. The molecule has 3 rings (SSSR count). The first kappa shape index (κ1) is 17.3. The molecule has 7 heteroatoms. The summed E-state index contributed by atoms with van der Waals surface area (Å²) < 4.78 is 45.2. The molecule has 0 aliphatic heterocycles. The molecule has 1 amide bonds. The second-order valence-electron chi connectivity index (χ2n) is 5.99. The zero-order chi connectivity index (χ0) is 17.8. The molecule has 1 aliphatic rings. The van der Waals surface area contributed by atoms with Crippen molar-refractivity contribution in [3.8, 4) is 11.6 Å². The SMILES string of the molecule is O=C(NC1CCCCC1)c1cc(F)cnc1Oc1ccc(F)c(F)c1. The topological polar surface area (TPSA) is 51.2 Å². The number of pyridine rings is 1. The quantitative estimate of drug-likeness (QED) is 0.892. The van der Waals surface area contributed by atoms with Crippen LogP contribution in [0.1, 0.15) is 42.5 Å². The van der Waals surface area contributed by atoms with E-state index in [2.05, 4.69) is 10.3 Å². The molecule has 0 atom stereocenters. The Morgan fingerprint density at radius 1 is 1.08 bits per heavy atom. The van der Waals surface area contributed by atoms with Crippen LogP contribution < -0.4 is 10.1 Å². The van der Waals surface area contributed by atoms with Crippen LogP contribution in [0.4, 0.5) is 13.2 Å². The number of nitrogens with one attached hydrogen (secondary N) is 1. The molecule has 2 aromatic rings. The molecule has 1 aromatic carbocycles. The molecule has 1 aromatic heterocycles. The number of carbonyl (C=O) groups excluding carboxylic acids is 1. The third-order valence-electron chi connectivity index (χ3n) is 4.11. The molecule has 1 N–H and O–H groups in total. The van der Waals surface area contributed by atoms with E-state index in [4.69, 9.17) is 4.74 Å². The van der Waals surface area contributed by atoms with Crippen LogP contribution in [0.5, 0.6) is 11.6 Å². The van der Waals surface area contributed by atoms with Gasteiger partial charge in [0.1, 0.15) is 17.1 Å². The average molecular weight is 350 g/mol. The van der Waals surface area contributed by atoms with Crippen molar-refractivity contribution in [1.29, 1.82) is 0 Å². The Morgan fingerprint density at radius 3 is 2.56 bits per heavy atom. The number of nitrogens with zero attached hydrogens (tertiary/aromatic N) is 1. The second-order valence-corrected chi connectivity index (χ2v) is 5.99. The van der Waals surface area contributed by atoms with Crippen molar-refractivity contribution in [1.82, 2.24) is 10.3 Å². The van der Waals surface area contributed by atoms with Crippen LogP contribution in [0.3, 0.4) is 0 Å². The molecular formula is C18H17F3N2O2. The molecule has 4 nitrogen and oxygen atoms in total. The third-order valence-corrected chi connectivity index (χ3v) is 4.11. The van der Waals surface area contributed by atoms with E-state index < -0.39 is 23.4 Å². The van der Waals surface area contributed by atoms with Crippen molar-refractivity contribution in [2.24, 2.45) is 0 Å². The van der Waals surface area contributed by atoms with E-state index in [-0.39, 0.29) is 23.2 Å². The van der Waals surface area contributed by atoms with Crippen LogP contribution in [-0.4, -0.2) is 16.9 Å². The van der Waals surface area contributed by atoms with Gasteiger partial charge in [0.15, 0.2) is 11.6 Å². The summed E-state index contributed by atoms with van der Waals surface area (Å²) in [6.45, 7) is 0. The average Bonchev–Trinajstić information content (AvgIpc) is 2.60. The van der Waals surface area contributed by atoms with Crippen LogP contribution in [-0.2, 0) is 0 Å². The number of carbonyl (C=O) groups is 1. The number of rotatable bonds is 4. The van der Waals surface area contributed by atoms with Gasteiger partial charge in [0.25, 0.3) is 5.91 Å². The summed E-state index contributed by atoms with van der Waals surface area (Å²) in [4.78, 5) is 16.2.